The molecule has 1 atom stereocenters. The molecule has 142 valence electrons. The smallest absolute Gasteiger partial charge is 0.317 e. The standard InChI is InChI=1S/C18H26N4O3S/c1-3-22(14-10-12-26(24,25)13-14)18(23)19-11-6-9-17-20-15-7-4-5-8-16(15)21(17)2/h4-5,7-8,14H,3,6,9-13H2,1-2H3,(H,19,23)/t14-/m1/s1. The van der Waals surface area contributed by atoms with Crippen LogP contribution in [0.25, 0.3) is 11.0 Å². The van der Waals surface area contributed by atoms with Crippen LogP contribution in [0.5, 0.6) is 0 Å². The number of hydrogen-bond acceptors (Lipinski definition) is 4. The Kier molecular flexibility index (Phi) is 5.50. The second-order valence-corrected chi connectivity index (χ2v) is 8.98. The van der Waals surface area contributed by atoms with E-state index in [4.69, 9.17) is 0 Å². The highest BCUT2D eigenvalue weighted by Crippen LogP contribution is 2.18. The summed E-state index contributed by atoms with van der Waals surface area (Å²) in [6, 6.07) is 7.63. The van der Waals surface area contributed by atoms with Crippen molar-refractivity contribution in [2.45, 2.75) is 32.2 Å². The first-order valence-electron chi connectivity index (χ1n) is 9.06. The topological polar surface area (TPSA) is 84.3 Å². The number of nitrogens with one attached hydrogen (secondary N) is 1. The molecule has 0 spiro atoms. The third-order valence-electron chi connectivity index (χ3n) is 4.98. The van der Waals surface area contributed by atoms with Gasteiger partial charge in [0.25, 0.3) is 0 Å². The van der Waals surface area contributed by atoms with E-state index >= 15 is 0 Å². The monoisotopic (exact) mass is 378 g/mol. The average Bonchev–Trinajstić information content (AvgIpc) is 3.12. The van der Waals surface area contributed by atoms with E-state index < -0.39 is 9.84 Å². The van der Waals surface area contributed by atoms with Gasteiger partial charge in [0.15, 0.2) is 9.84 Å². The fourth-order valence-corrected chi connectivity index (χ4v) is 5.28. The summed E-state index contributed by atoms with van der Waals surface area (Å²) in [5.74, 6) is 1.25. The number of carbonyl (C=O) groups excluding carboxylic acids is 1. The molecule has 1 aromatic carbocycles. The molecule has 1 aromatic heterocycles. The van der Waals surface area contributed by atoms with Crippen molar-refractivity contribution < 1.29 is 13.2 Å². The van der Waals surface area contributed by atoms with E-state index in [1.54, 1.807) is 4.90 Å². The largest absolute Gasteiger partial charge is 0.338 e. The summed E-state index contributed by atoms with van der Waals surface area (Å²) in [7, 11) is -0.993. The number of aromatic nitrogens is 2. The predicted molar refractivity (Wildman–Crippen MR) is 102 cm³/mol. The highest BCUT2D eigenvalue weighted by Gasteiger charge is 2.33. The van der Waals surface area contributed by atoms with Crippen molar-refractivity contribution in [2.24, 2.45) is 7.05 Å². The summed E-state index contributed by atoms with van der Waals surface area (Å²) in [5, 5.41) is 2.92. The maximum atomic E-state index is 12.4. The lowest BCUT2D eigenvalue weighted by Gasteiger charge is -2.27. The lowest BCUT2D eigenvalue weighted by molar-refractivity contribution is 0.184. The van der Waals surface area contributed by atoms with E-state index in [-0.39, 0.29) is 23.6 Å². The minimum Gasteiger partial charge on any atom is -0.338 e. The summed E-state index contributed by atoms with van der Waals surface area (Å²) in [6.07, 6.45) is 2.09. The van der Waals surface area contributed by atoms with Crippen molar-refractivity contribution in [3.05, 3.63) is 30.1 Å². The molecule has 26 heavy (non-hydrogen) atoms. The number of fused-ring (bicyclic) bond motifs is 1. The van der Waals surface area contributed by atoms with E-state index in [9.17, 15) is 13.2 Å². The van der Waals surface area contributed by atoms with Crippen LogP contribution in [0.4, 0.5) is 4.79 Å². The Morgan fingerprint density at radius 1 is 1.38 bits per heavy atom. The van der Waals surface area contributed by atoms with Crippen LogP contribution < -0.4 is 5.32 Å². The minimum atomic E-state index is -3.00. The van der Waals surface area contributed by atoms with Crippen LogP contribution in [0.2, 0.25) is 0 Å². The summed E-state index contributed by atoms with van der Waals surface area (Å²) in [4.78, 5) is 18.7. The van der Waals surface area contributed by atoms with Crippen molar-refractivity contribution in [1.82, 2.24) is 19.8 Å². The van der Waals surface area contributed by atoms with Crippen molar-refractivity contribution >= 4 is 26.9 Å². The van der Waals surface area contributed by atoms with Crippen LogP contribution in [0.1, 0.15) is 25.6 Å². The second-order valence-electron chi connectivity index (χ2n) is 6.75. The van der Waals surface area contributed by atoms with Gasteiger partial charge in [-0.15, -0.1) is 0 Å². The summed E-state index contributed by atoms with van der Waals surface area (Å²) >= 11 is 0. The van der Waals surface area contributed by atoms with Gasteiger partial charge in [0.1, 0.15) is 5.82 Å². The van der Waals surface area contributed by atoms with E-state index in [1.807, 2.05) is 38.2 Å². The van der Waals surface area contributed by atoms with Crippen LogP contribution >= 0.6 is 0 Å². The first kappa shape index (κ1) is 18.7. The highest BCUT2D eigenvalue weighted by molar-refractivity contribution is 7.91. The minimum absolute atomic E-state index is 0.0775. The van der Waals surface area contributed by atoms with Crippen LogP contribution in [-0.4, -0.2) is 59.5 Å². The maximum Gasteiger partial charge on any atom is 0.317 e. The first-order valence-corrected chi connectivity index (χ1v) is 10.9. The molecule has 3 rings (SSSR count). The summed E-state index contributed by atoms with van der Waals surface area (Å²) in [6.45, 7) is 2.93. The highest BCUT2D eigenvalue weighted by atomic mass is 32.2. The quantitative estimate of drug-likeness (QED) is 0.776. The van der Waals surface area contributed by atoms with Crippen LogP contribution in [0, 0.1) is 0 Å². The van der Waals surface area contributed by atoms with Gasteiger partial charge in [-0.3, -0.25) is 0 Å². The molecule has 2 heterocycles. The molecule has 7 nitrogen and oxygen atoms in total. The van der Waals surface area contributed by atoms with E-state index in [2.05, 4.69) is 14.9 Å². The van der Waals surface area contributed by atoms with E-state index in [0.29, 0.717) is 19.5 Å². The Labute approximate surface area is 154 Å². The van der Waals surface area contributed by atoms with Gasteiger partial charge in [0.05, 0.1) is 22.5 Å². The molecule has 2 amide bonds. The number of nitrogens with zero attached hydrogens (tertiary/aromatic N) is 3. The lowest BCUT2D eigenvalue weighted by atomic mass is 10.2. The number of amides is 2. The second kappa shape index (κ2) is 7.65. The van der Waals surface area contributed by atoms with Crippen molar-refractivity contribution in [1.29, 1.82) is 0 Å². The van der Waals surface area contributed by atoms with Gasteiger partial charge in [-0.05, 0) is 31.9 Å². The summed E-state index contributed by atoms with van der Waals surface area (Å²) in [5.41, 5.74) is 2.08. The lowest BCUT2D eigenvalue weighted by Crippen LogP contribution is -2.46. The Hall–Kier alpha value is -2.09. The molecule has 0 unspecified atom stereocenters. The SMILES string of the molecule is CCN(C(=O)NCCCc1nc2ccccc2n1C)[C@@H]1CCS(=O)(=O)C1. The van der Waals surface area contributed by atoms with E-state index in [0.717, 1.165) is 29.7 Å². The number of sulfone groups is 1. The van der Waals surface area contributed by atoms with Crippen molar-refractivity contribution in [3.63, 3.8) is 0 Å². The number of aryl methyl sites for hydroxylation is 2. The van der Waals surface area contributed by atoms with Crippen molar-refractivity contribution in [3.8, 4) is 0 Å². The Balaban J connectivity index is 1.50. The molecule has 0 saturated carbocycles. The first-order chi connectivity index (χ1) is 12.4. The molecule has 1 saturated heterocycles. The number of benzene rings is 1. The number of para-hydroxylation sites is 2. The fourth-order valence-electron chi connectivity index (χ4n) is 3.55. The zero-order valence-electron chi connectivity index (χ0n) is 15.3. The van der Waals surface area contributed by atoms with Crippen LogP contribution in [-0.2, 0) is 23.3 Å². The Bertz CT molecular complexity index is 891. The molecular formula is C18H26N4O3S. The molecule has 8 heteroatoms. The van der Waals surface area contributed by atoms with Gasteiger partial charge in [-0.2, -0.15) is 0 Å². The Morgan fingerprint density at radius 2 is 2.15 bits per heavy atom. The van der Waals surface area contributed by atoms with Gasteiger partial charge >= 0.3 is 6.03 Å². The molecule has 1 aliphatic rings. The number of imidazole rings is 1. The van der Waals surface area contributed by atoms with Crippen molar-refractivity contribution in [2.75, 3.05) is 24.6 Å². The number of rotatable bonds is 6. The zero-order chi connectivity index (χ0) is 18.7. The van der Waals surface area contributed by atoms with Gasteiger partial charge in [0.2, 0.25) is 0 Å². The zero-order valence-corrected chi connectivity index (χ0v) is 16.1. The molecule has 1 fully saturated rings. The average molecular weight is 378 g/mol. The van der Waals surface area contributed by atoms with Gasteiger partial charge in [0, 0.05) is 32.6 Å². The third-order valence-corrected chi connectivity index (χ3v) is 6.73. The number of urea groups is 1. The molecular weight excluding hydrogens is 352 g/mol. The van der Waals surface area contributed by atoms with Crippen LogP contribution in [0.15, 0.2) is 24.3 Å². The summed E-state index contributed by atoms with van der Waals surface area (Å²) < 4.78 is 25.4. The molecule has 0 bridgehead atoms. The van der Waals surface area contributed by atoms with Crippen LogP contribution in [0.3, 0.4) is 0 Å². The maximum absolute atomic E-state index is 12.4. The third kappa shape index (κ3) is 4.00. The van der Waals surface area contributed by atoms with Gasteiger partial charge in [-0.25, -0.2) is 18.2 Å². The van der Waals surface area contributed by atoms with E-state index in [1.165, 1.54) is 0 Å². The molecule has 1 N–H and O–H groups in total. The number of carbonyl (C=O) groups is 1. The number of hydrogen-bond donors (Lipinski definition) is 1. The normalized spacial score (nSPS) is 18.9. The molecule has 0 radical (unpaired) electrons. The molecule has 2 aromatic rings. The molecule has 0 aliphatic carbocycles. The fraction of sp³-hybridized carbons (Fsp3) is 0.556. The van der Waals surface area contributed by atoms with Gasteiger partial charge in [-0.1, -0.05) is 12.1 Å². The van der Waals surface area contributed by atoms with Gasteiger partial charge < -0.3 is 14.8 Å². The molecule has 1 aliphatic heterocycles. The predicted octanol–water partition coefficient (Wildman–Crippen LogP) is 1.72. The Morgan fingerprint density at radius 3 is 2.81 bits per heavy atom.